The van der Waals surface area contributed by atoms with Crippen molar-refractivity contribution in [3.63, 3.8) is 0 Å². The van der Waals surface area contributed by atoms with Gasteiger partial charge < -0.3 is 63.8 Å². The van der Waals surface area contributed by atoms with Gasteiger partial charge in [0.05, 0.1) is 31.3 Å². The minimum atomic E-state index is -2.03. The van der Waals surface area contributed by atoms with Gasteiger partial charge in [-0.3, -0.25) is 0 Å². The molecule has 4 aliphatic heterocycles. The van der Waals surface area contributed by atoms with Gasteiger partial charge in [-0.25, -0.2) is 9.59 Å². The number of carbonyl (C=O) groups is 2. The topological polar surface area (TPSA) is 220 Å². The number of rotatable bonds is 9. The largest absolute Gasteiger partial charge is 0.504 e. The highest BCUT2D eigenvalue weighted by molar-refractivity contribution is 5.90. The summed E-state index contributed by atoms with van der Waals surface area (Å²) >= 11 is 0. The fraction of sp³-hybridized carbons (Fsp3) is 0.500. The van der Waals surface area contributed by atoms with Crippen molar-refractivity contribution >= 4 is 18.0 Å². The Balaban J connectivity index is 1.15. The molecule has 0 aromatic heterocycles. The van der Waals surface area contributed by atoms with E-state index in [2.05, 4.69) is 0 Å². The lowest BCUT2D eigenvalue weighted by Crippen LogP contribution is -2.61. The van der Waals surface area contributed by atoms with Crippen LogP contribution in [0, 0.1) is 11.8 Å². The zero-order chi connectivity index (χ0) is 33.5. The van der Waals surface area contributed by atoms with Gasteiger partial charge in [0.25, 0.3) is 0 Å². The van der Waals surface area contributed by atoms with E-state index in [9.17, 15) is 40.2 Å². The first-order chi connectivity index (χ1) is 22.5. The summed E-state index contributed by atoms with van der Waals surface area (Å²) in [5.74, 6) is -3.68. The van der Waals surface area contributed by atoms with Crippen molar-refractivity contribution in [3.05, 3.63) is 65.7 Å². The minimum absolute atomic E-state index is 0.0135. The zero-order valence-corrected chi connectivity index (χ0v) is 25.1. The molecule has 2 aromatic carbocycles. The molecular formula is C32H36O15. The number of phenols is 1. The molecule has 1 saturated carbocycles. The molecule has 12 atom stereocenters. The third-order valence-electron chi connectivity index (χ3n) is 9.01. The third-order valence-corrected chi connectivity index (χ3v) is 9.01. The molecule has 47 heavy (non-hydrogen) atoms. The fourth-order valence-electron chi connectivity index (χ4n) is 6.56. The number of phenolic OH excluding ortho intramolecular Hbond substituents is 1. The normalized spacial score (nSPS) is 37.8. The molecule has 5 fully saturated rings. The molecule has 2 aromatic rings. The first-order valence-electron chi connectivity index (χ1n) is 15.0. The van der Waals surface area contributed by atoms with Crippen LogP contribution >= 0.6 is 0 Å². The summed E-state index contributed by atoms with van der Waals surface area (Å²) in [6.07, 6.45) is -10.6. The van der Waals surface area contributed by atoms with Crippen LogP contribution in [0.4, 0.5) is 0 Å². The molecule has 6 N–H and O–H groups in total. The molecule has 4 heterocycles. The summed E-state index contributed by atoms with van der Waals surface area (Å²) in [6, 6.07) is 12.8. The van der Waals surface area contributed by atoms with Gasteiger partial charge in [-0.05, 0) is 29.8 Å². The van der Waals surface area contributed by atoms with Crippen LogP contribution in [0.5, 0.6) is 11.5 Å². The molecule has 254 valence electrons. The van der Waals surface area contributed by atoms with E-state index in [1.807, 2.05) is 6.07 Å². The van der Waals surface area contributed by atoms with Gasteiger partial charge in [0, 0.05) is 18.4 Å². The van der Waals surface area contributed by atoms with E-state index in [-0.39, 0.29) is 23.5 Å². The van der Waals surface area contributed by atoms with Crippen LogP contribution in [0.1, 0.15) is 22.3 Å². The van der Waals surface area contributed by atoms with Crippen molar-refractivity contribution < 1.29 is 73.4 Å². The molecule has 0 radical (unpaired) electrons. The van der Waals surface area contributed by atoms with Gasteiger partial charge in [-0.15, -0.1) is 0 Å². The van der Waals surface area contributed by atoms with Crippen LogP contribution in [0.2, 0.25) is 0 Å². The Hall–Kier alpha value is -3.64. The Morgan fingerprint density at radius 2 is 1.74 bits per heavy atom. The van der Waals surface area contributed by atoms with Crippen LogP contribution in [0.15, 0.2) is 54.6 Å². The number of ether oxygens (including phenoxy) is 7. The van der Waals surface area contributed by atoms with Crippen LogP contribution in [-0.4, -0.2) is 124 Å². The Kier molecular flexibility index (Phi) is 9.53. The number of hydrogen-bond acceptors (Lipinski definition) is 15. The van der Waals surface area contributed by atoms with Gasteiger partial charge in [0.2, 0.25) is 0 Å². The summed E-state index contributed by atoms with van der Waals surface area (Å²) < 4.78 is 39.1. The average Bonchev–Trinajstić information content (AvgIpc) is 3.17. The maximum absolute atomic E-state index is 13.1. The Labute approximate surface area is 268 Å². The van der Waals surface area contributed by atoms with Gasteiger partial charge >= 0.3 is 11.9 Å². The predicted molar refractivity (Wildman–Crippen MR) is 155 cm³/mol. The number of carbonyl (C=O) groups excluding carboxylic acids is 2. The van der Waals surface area contributed by atoms with E-state index in [4.69, 9.17) is 33.2 Å². The number of esters is 2. The van der Waals surface area contributed by atoms with Gasteiger partial charge in [0.15, 0.2) is 36.5 Å². The van der Waals surface area contributed by atoms with E-state index < -0.39 is 98.1 Å². The molecular weight excluding hydrogens is 624 g/mol. The number of aliphatic hydroxyl groups is 5. The van der Waals surface area contributed by atoms with Crippen molar-refractivity contribution in [2.24, 2.45) is 11.8 Å². The maximum Gasteiger partial charge on any atom is 0.338 e. The first kappa shape index (κ1) is 33.3. The van der Waals surface area contributed by atoms with Crippen LogP contribution in [0.25, 0.3) is 6.08 Å². The van der Waals surface area contributed by atoms with Crippen LogP contribution in [-0.2, 0) is 33.2 Å². The molecule has 15 nitrogen and oxygen atoms in total. The maximum atomic E-state index is 13.1. The first-order valence-corrected chi connectivity index (χ1v) is 15.0. The Morgan fingerprint density at radius 1 is 0.979 bits per heavy atom. The molecule has 7 rings (SSSR count). The quantitative estimate of drug-likeness (QED) is 0.147. The lowest BCUT2D eigenvalue weighted by Gasteiger charge is -2.44. The molecule has 4 bridgehead atoms. The summed E-state index contributed by atoms with van der Waals surface area (Å²) in [4.78, 5) is 25.4. The number of hydrogen-bond donors (Lipinski definition) is 6. The fourth-order valence-corrected chi connectivity index (χ4v) is 6.56. The monoisotopic (exact) mass is 660 g/mol. The second-order valence-corrected chi connectivity index (χ2v) is 11.9. The van der Waals surface area contributed by atoms with Gasteiger partial charge in [-0.1, -0.05) is 30.3 Å². The highest BCUT2D eigenvalue weighted by Gasteiger charge is 2.69. The lowest BCUT2D eigenvalue weighted by molar-refractivity contribution is -0.371. The van der Waals surface area contributed by atoms with E-state index in [0.717, 1.165) is 5.56 Å². The van der Waals surface area contributed by atoms with Gasteiger partial charge in [0.1, 0.15) is 36.6 Å². The van der Waals surface area contributed by atoms with Crippen LogP contribution in [0.3, 0.4) is 0 Å². The predicted octanol–water partition coefficient (Wildman–Crippen LogP) is -0.552. The molecule has 0 spiro atoms. The highest BCUT2D eigenvalue weighted by atomic mass is 16.8. The second-order valence-electron chi connectivity index (χ2n) is 11.9. The second kappa shape index (κ2) is 13.5. The Morgan fingerprint density at radius 3 is 2.49 bits per heavy atom. The summed E-state index contributed by atoms with van der Waals surface area (Å²) in [5.41, 5.74) is -1.29. The van der Waals surface area contributed by atoms with Crippen molar-refractivity contribution in [2.45, 2.75) is 67.5 Å². The van der Waals surface area contributed by atoms with Crippen molar-refractivity contribution in [1.82, 2.24) is 0 Å². The highest BCUT2D eigenvalue weighted by Crippen LogP contribution is 2.53. The number of benzene rings is 2. The smallest absolute Gasteiger partial charge is 0.338 e. The van der Waals surface area contributed by atoms with Gasteiger partial charge in [-0.2, -0.15) is 0 Å². The zero-order valence-electron chi connectivity index (χ0n) is 25.1. The SMILES string of the molecule is COc1cc(C(=O)O[C@H]2[C@H](O)[C@@H]3C[C@H]4OC[C@]2(O)[C@H]3[C@@H](O[C@@H]2O[C@H](COC(=O)/C=C/c3ccccc3)[C@@H](O)[C@H](O)[C@H]2O)O4)ccc1O. The third kappa shape index (κ3) is 6.46. The average molecular weight is 661 g/mol. The molecule has 0 amide bonds. The molecule has 0 unspecified atom stereocenters. The van der Waals surface area contributed by atoms with E-state index in [0.29, 0.717) is 0 Å². The van der Waals surface area contributed by atoms with Crippen molar-refractivity contribution in [3.8, 4) is 11.5 Å². The van der Waals surface area contributed by atoms with Crippen molar-refractivity contribution in [2.75, 3.05) is 20.3 Å². The molecule has 5 aliphatic rings. The van der Waals surface area contributed by atoms with Crippen LogP contribution < -0.4 is 4.74 Å². The van der Waals surface area contributed by atoms with Crippen molar-refractivity contribution in [1.29, 1.82) is 0 Å². The molecule has 15 heteroatoms. The standard InChI is InChI=1S/C32H36O15/c1-41-19-11-16(8-9-18(19)33)29(39)46-28-24(35)17-12-22-43-14-32(28,40)23(17)30(45-22)47-31-27(38)26(37)25(36)20(44-31)13-42-21(34)10-7-15-5-3-2-4-6-15/h2-11,17,20,22-28,30-31,33,35-38,40H,12-14H2,1H3/b10-7+/t17-,20-,22+,23-,24-,25-,26+,27-,28+,30-,31+,32+/m1/s1. The van der Waals surface area contributed by atoms with E-state index >= 15 is 0 Å². The molecule has 1 aliphatic carbocycles. The number of fused-ring (bicyclic) bond motifs is 2. The minimum Gasteiger partial charge on any atom is -0.504 e. The summed E-state index contributed by atoms with van der Waals surface area (Å²) in [5, 5.41) is 64.9. The summed E-state index contributed by atoms with van der Waals surface area (Å²) in [6.45, 7) is -0.911. The molecule has 4 saturated heterocycles. The van der Waals surface area contributed by atoms with E-state index in [1.54, 1.807) is 24.3 Å². The Bertz CT molecular complexity index is 1470. The van der Waals surface area contributed by atoms with E-state index in [1.165, 1.54) is 37.5 Å². The lowest BCUT2D eigenvalue weighted by atomic mass is 9.82. The number of aliphatic hydroxyl groups excluding tert-OH is 4. The number of aromatic hydroxyl groups is 1. The number of methoxy groups -OCH3 is 1. The summed E-state index contributed by atoms with van der Waals surface area (Å²) in [7, 11) is 1.31.